The molecular weight excluding hydrogens is 246 g/mol. The Hall–Kier alpha value is -1.10. The molecule has 0 saturated carbocycles. The fourth-order valence-electron chi connectivity index (χ4n) is 1.65. The molecule has 0 aromatic heterocycles. The van der Waals surface area contributed by atoms with Gasteiger partial charge in [-0.05, 0) is 12.8 Å². The van der Waals surface area contributed by atoms with Crippen LogP contribution in [0.5, 0.6) is 0 Å². The van der Waals surface area contributed by atoms with Crippen molar-refractivity contribution < 1.29 is 19.4 Å². The number of carboxylic acids is 1. The number of unbranched alkanes of at least 4 members (excludes halogenated alkanes) is 5. The molecule has 0 bridgehead atoms. The van der Waals surface area contributed by atoms with Gasteiger partial charge >= 0.3 is 5.97 Å². The molecule has 0 aliphatic rings. The highest BCUT2D eigenvalue weighted by Gasteiger charge is 2.01. The van der Waals surface area contributed by atoms with Gasteiger partial charge in [0, 0.05) is 19.1 Å². The Kier molecular flexibility index (Phi) is 12.6. The zero-order valence-electron chi connectivity index (χ0n) is 11.9. The molecule has 0 radical (unpaired) electrons. The summed E-state index contributed by atoms with van der Waals surface area (Å²) in [6.07, 6.45) is 7.25. The maximum Gasteiger partial charge on any atom is 0.307 e. The quantitative estimate of drug-likeness (QED) is 0.400. The molecule has 1 N–H and O–H groups in total. The Morgan fingerprint density at radius 2 is 1.63 bits per heavy atom. The second-order valence-corrected chi connectivity index (χ2v) is 4.61. The van der Waals surface area contributed by atoms with Gasteiger partial charge in [0.15, 0.2) is 0 Å². The van der Waals surface area contributed by atoms with Crippen LogP contribution in [-0.4, -0.2) is 31.6 Å². The number of esters is 1. The van der Waals surface area contributed by atoms with Crippen molar-refractivity contribution in [3.05, 3.63) is 0 Å². The maximum atomic E-state index is 11.3. The van der Waals surface area contributed by atoms with Crippen molar-refractivity contribution in [2.45, 2.75) is 58.3 Å². The predicted octanol–water partition coefficient (Wildman–Crippen LogP) is 1.01. The van der Waals surface area contributed by atoms with E-state index in [1.165, 1.54) is 25.7 Å². The molecule has 0 fully saturated rings. The normalized spacial score (nSPS) is 10.4. The molecule has 5 heteroatoms. The minimum absolute atomic E-state index is 0.0349. The van der Waals surface area contributed by atoms with Crippen LogP contribution in [0.1, 0.15) is 58.3 Å². The molecule has 0 aromatic rings. The first kappa shape index (κ1) is 17.9. The fraction of sp³-hybridized carbons (Fsp3) is 0.857. The smallest absolute Gasteiger partial charge is 0.307 e. The lowest BCUT2D eigenvalue weighted by Gasteiger charge is -2.06. The van der Waals surface area contributed by atoms with E-state index in [0.29, 0.717) is 19.7 Å². The highest BCUT2D eigenvalue weighted by atomic mass is 16.5. The number of carboxylic acid groups (broad SMARTS) is 1. The minimum atomic E-state index is -1.09. The van der Waals surface area contributed by atoms with E-state index in [-0.39, 0.29) is 18.8 Å². The molecule has 0 aliphatic carbocycles. The van der Waals surface area contributed by atoms with Crippen LogP contribution in [0.4, 0.5) is 0 Å². The van der Waals surface area contributed by atoms with E-state index in [9.17, 15) is 14.7 Å². The number of hydrogen-bond acceptors (Lipinski definition) is 5. The number of aliphatic carboxylic acids is 1. The number of ether oxygens (including phenoxy) is 1. The van der Waals surface area contributed by atoms with Crippen molar-refractivity contribution in [3.8, 4) is 0 Å². The van der Waals surface area contributed by atoms with E-state index in [1.807, 2.05) is 0 Å². The zero-order valence-corrected chi connectivity index (χ0v) is 11.9. The maximum absolute atomic E-state index is 11.3. The molecule has 0 spiro atoms. The average molecular weight is 272 g/mol. The predicted molar refractivity (Wildman–Crippen MR) is 71.4 cm³/mol. The van der Waals surface area contributed by atoms with Crippen LogP contribution >= 0.6 is 0 Å². The third kappa shape index (κ3) is 14.8. The first-order valence-corrected chi connectivity index (χ1v) is 7.23. The summed E-state index contributed by atoms with van der Waals surface area (Å²) in [6, 6.07) is 0. The van der Waals surface area contributed by atoms with Gasteiger partial charge in [-0.3, -0.25) is 4.79 Å². The number of nitrogens with one attached hydrogen (secondary N) is 1. The Morgan fingerprint density at radius 3 is 2.32 bits per heavy atom. The van der Waals surface area contributed by atoms with Crippen LogP contribution in [0.25, 0.3) is 0 Å². The summed E-state index contributed by atoms with van der Waals surface area (Å²) in [5.74, 6) is -1.31. The number of rotatable bonds is 13. The van der Waals surface area contributed by atoms with Gasteiger partial charge in [-0.25, -0.2) is 0 Å². The lowest BCUT2D eigenvalue weighted by Crippen LogP contribution is -2.28. The second-order valence-electron chi connectivity index (χ2n) is 4.61. The molecule has 0 aliphatic heterocycles. The van der Waals surface area contributed by atoms with Crippen molar-refractivity contribution in [1.82, 2.24) is 5.32 Å². The van der Waals surface area contributed by atoms with Crippen molar-refractivity contribution in [2.24, 2.45) is 0 Å². The summed E-state index contributed by atoms with van der Waals surface area (Å²) in [6.45, 7) is 3.45. The summed E-state index contributed by atoms with van der Waals surface area (Å²) in [7, 11) is 0. The fourth-order valence-corrected chi connectivity index (χ4v) is 1.65. The van der Waals surface area contributed by atoms with E-state index in [1.54, 1.807) is 0 Å². The van der Waals surface area contributed by atoms with Crippen LogP contribution in [0.3, 0.4) is 0 Å². The molecule has 0 unspecified atom stereocenters. The molecule has 0 aromatic carbocycles. The molecule has 0 atom stereocenters. The summed E-state index contributed by atoms with van der Waals surface area (Å²) >= 11 is 0. The van der Waals surface area contributed by atoms with Crippen LogP contribution < -0.4 is 10.4 Å². The van der Waals surface area contributed by atoms with E-state index in [0.717, 1.165) is 12.8 Å². The highest BCUT2D eigenvalue weighted by molar-refractivity contribution is 5.69. The largest absolute Gasteiger partial charge is 0.550 e. The minimum Gasteiger partial charge on any atom is -0.550 e. The topological polar surface area (TPSA) is 78.5 Å². The van der Waals surface area contributed by atoms with E-state index in [4.69, 9.17) is 4.74 Å². The van der Waals surface area contributed by atoms with Crippen LogP contribution in [0.2, 0.25) is 0 Å². The van der Waals surface area contributed by atoms with Crippen molar-refractivity contribution >= 4 is 11.9 Å². The number of hydrogen-bond donors (Lipinski definition) is 1. The average Bonchev–Trinajstić information content (AvgIpc) is 2.37. The van der Waals surface area contributed by atoms with Gasteiger partial charge in [-0.1, -0.05) is 39.0 Å². The first-order chi connectivity index (χ1) is 9.16. The first-order valence-electron chi connectivity index (χ1n) is 7.23. The molecular formula is C14H26NO4-. The molecule has 0 amide bonds. The lowest BCUT2D eigenvalue weighted by atomic mass is 10.1. The van der Waals surface area contributed by atoms with Crippen LogP contribution in [-0.2, 0) is 14.3 Å². The SMILES string of the molecule is CCCCCCCCOC(=O)CCNCCC(=O)[O-]. The number of carbonyl (C=O) groups is 2. The Morgan fingerprint density at radius 1 is 1.00 bits per heavy atom. The molecule has 19 heavy (non-hydrogen) atoms. The van der Waals surface area contributed by atoms with Crippen molar-refractivity contribution in [2.75, 3.05) is 19.7 Å². The van der Waals surface area contributed by atoms with Gasteiger partial charge in [0.05, 0.1) is 13.0 Å². The molecule has 0 saturated heterocycles. The van der Waals surface area contributed by atoms with Gasteiger partial charge in [0.1, 0.15) is 0 Å². The Bertz CT molecular complexity index is 244. The van der Waals surface area contributed by atoms with E-state index in [2.05, 4.69) is 12.2 Å². The van der Waals surface area contributed by atoms with Crippen molar-refractivity contribution in [3.63, 3.8) is 0 Å². The summed E-state index contributed by atoms with van der Waals surface area (Å²) < 4.78 is 5.07. The van der Waals surface area contributed by atoms with Crippen molar-refractivity contribution in [1.29, 1.82) is 0 Å². The Labute approximate surface area is 115 Å². The zero-order chi connectivity index (χ0) is 14.3. The Balaban J connectivity index is 3.19. The monoisotopic (exact) mass is 272 g/mol. The second kappa shape index (κ2) is 13.3. The molecule has 112 valence electrons. The van der Waals surface area contributed by atoms with Gasteiger partial charge in [0.2, 0.25) is 0 Å². The van der Waals surface area contributed by atoms with Gasteiger partial charge in [-0.15, -0.1) is 0 Å². The number of carbonyl (C=O) groups excluding carboxylic acids is 2. The lowest BCUT2D eigenvalue weighted by molar-refractivity contribution is -0.305. The van der Waals surface area contributed by atoms with E-state index >= 15 is 0 Å². The van der Waals surface area contributed by atoms with E-state index < -0.39 is 5.97 Å². The van der Waals surface area contributed by atoms with Gasteiger partial charge in [-0.2, -0.15) is 0 Å². The third-order valence-electron chi connectivity index (χ3n) is 2.77. The summed E-state index contributed by atoms with van der Waals surface area (Å²) in [5.41, 5.74) is 0. The van der Waals surface area contributed by atoms with Gasteiger partial charge in [0.25, 0.3) is 0 Å². The van der Waals surface area contributed by atoms with Crippen LogP contribution in [0.15, 0.2) is 0 Å². The molecule has 5 nitrogen and oxygen atoms in total. The summed E-state index contributed by atoms with van der Waals surface area (Å²) in [5, 5.41) is 13.0. The molecule has 0 rings (SSSR count). The van der Waals surface area contributed by atoms with Gasteiger partial charge < -0.3 is 20.0 Å². The highest BCUT2D eigenvalue weighted by Crippen LogP contribution is 2.05. The standard InChI is InChI=1S/C14H27NO4/c1-2-3-4-5-6-7-12-19-14(18)9-11-15-10-8-13(16)17/h15H,2-12H2,1H3,(H,16,17)/p-1. The van der Waals surface area contributed by atoms with Crippen LogP contribution in [0, 0.1) is 0 Å². The summed E-state index contributed by atoms with van der Waals surface area (Å²) in [4.78, 5) is 21.4. The molecule has 0 heterocycles. The third-order valence-corrected chi connectivity index (χ3v) is 2.77.